The number of fused-ring (bicyclic) bond motifs is 4. The Kier molecular flexibility index (Phi) is 12.1. The van der Waals surface area contributed by atoms with E-state index in [4.69, 9.17) is 4.98 Å². The van der Waals surface area contributed by atoms with Gasteiger partial charge in [0.2, 0.25) is 0 Å². The number of rotatable bonds is 8. The molecule has 0 aliphatic rings. The van der Waals surface area contributed by atoms with Gasteiger partial charge in [0, 0.05) is 64.7 Å². The Bertz CT molecular complexity index is 1670. The van der Waals surface area contributed by atoms with E-state index in [1.807, 2.05) is 56.6 Å². The van der Waals surface area contributed by atoms with Crippen LogP contribution in [-0.2, 0) is 30.3 Å². The number of hydrogen-bond acceptors (Lipinski definition) is 5. The summed E-state index contributed by atoms with van der Waals surface area (Å²) in [5, 5.41) is 15.7. The third kappa shape index (κ3) is 7.39. The maximum Gasteiger partial charge on any atom is 0.162 e. The number of carbonyl (C=O) groups is 1. The zero-order chi connectivity index (χ0) is 29.7. The van der Waals surface area contributed by atoms with Gasteiger partial charge in [-0.15, -0.1) is 51.8 Å². The number of aromatic nitrogens is 1. The summed E-state index contributed by atoms with van der Waals surface area (Å²) in [7, 11) is 0. The summed E-state index contributed by atoms with van der Waals surface area (Å²) in [5.41, 5.74) is 3.55. The fourth-order valence-electron chi connectivity index (χ4n) is 5.36. The molecule has 3 heterocycles. The SMILES string of the molecule is CC(C)(C)c1cc(-c2nccc3c2sc2ccsc23)[c-]c2ccccc12.CCC(CC)C(=O)/C=C(\O)C(CC)CC.[Ir]. The Morgan fingerprint density at radius 1 is 0.952 bits per heavy atom. The summed E-state index contributed by atoms with van der Waals surface area (Å²) in [4.78, 5) is 16.5. The van der Waals surface area contributed by atoms with Crippen molar-refractivity contribution in [3.63, 3.8) is 0 Å². The van der Waals surface area contributed by atoms with Crippen molar-refractivity contribution in [2.45, 2.75) is 79.6 Å². The molecular weight excluding hydrogens is 735 g/mol. The van der Waals surface area contributed by atoms with E-state index in [0.29, 0.717) is 0 Å². The molecule has 5 rings (SSSR count). The molecule has 0 aliphatic carbocycles. The Morgan fingerprint density at radius 3 is 2.26 bits per heavy atom. The Hall–Kier alpha value is -2.37. The van der Waals surface area contributed by atoms with Crippen LogP contribution >= 0.6 is 22.7 Å². The molecule has 6 heteroatoms. The van der Waals surface area contributed by atoms with Crippen molar-refractivity contribution in [2.75, 3.05) is 0 Å². The number of thiophene rings is 2. The van der Waals surface area contributed by atoms with Crippen molar-refractivity contribution in [2.24, 2.45) is 11.8 Å². The molecule has 3 aromatic heterocycles. The van der Waals surface area contributed by atoms with E-state index in [-0.39, 0.29) is 48.9 Å². The molecule has 2 aromatic carbocycles. The first-order valence-electron chi connectivity index (χ1n) is 14.8. The average molecular weight is 777 g/mol. The Morgan fingerprint density at radius 2 is 1.62 bits per heavy atom. The van der Waals surface area contributed by atoms with Crippen LogP contribution in [0.3, 0.4) is 0 Å². The van der Waals surface area contributed by atoms with Crippen LogP contribution in [0.25, 0.3) is 41.5 Å². The summed E-state index contributed by atoms with van der Waals surface area (Å²) in [6, 6.07) is 18.8. The monoisotopic (exact) mass is 777 g/mol. The van der Waals surface area contributed by atoms with E-state index in [1.165, 1.54) is 36.5 Å². The molecule has 0 fully saturated rings. The molecule has 0 bridgehead atoms. The summed E-state index contributed by atoms with van der Waals surface area (Å²) < 4.78 is 3.97. The molecule has 0 saturated heterocycles. The largest absolute Gasteiger partial charge is 0.512 e. The van der Waals surface area contributed by atoms with E-state index >= 15 is 0 Å². The molecule has 225 valence electrons. The molecule has 0 aliphatic heterocycles. The zero-order valence-corrected chi connectivity index (χ0v) is 29.7. The van der Waals surface area contributed by atoms with Crippen molar-refractivity contribution in [1.82, 2.24) is 4.98 Å². The van der Waals surface area contributed by atoms with Crippen molar-refractivity contribution >= 4 is 58.7 Å². The molecule has 0 unspecified atom stereocenters. The van der Waals surface area contributed by atoms with Gasteiger partial charge >= 0.3 is 0 Å². The minimum Gasteiger partial charge on any atom is -0.512 e. The van der Waals surface area contributed by atoms with E-state index in [1.54, 1.807) is 0 Å². The molecule has 0 spiro atoms. The Balaban J connectivity index is 0.000000263. The third-order valence-electron chi connectivity index (χ3n) is 7.91. The fraction of sp³-hybridized carbons (Fsp3) is 0.389. The summed E-state index contributed by atoms with van der Waals surface area (Å²) >= 11 is 3.65. The molecule has 0 saturated carbocycles. The van der Waals surface area contributed by atoms with Crippen LogP contribution in [-0.4, -0.2) is 15.9 Å². The van der Waals surface area contributed by atoms with Crippen LogP contribution in [0.5, 0.6) is 0 Å². The van der Waals surface area contributed by atoms with Crippen LogP contribution in [0, 0.1) is 17.9 Å². The molecule has 1 N–H and O–H groups in total. The topological polar surface area (TPSA) is 50.2 Å². The predicted octanol–water partition coefficient (Wildman–Crippen LogP) is 11.3. The van der Waals surface area contributed by atoms with E-state index in [2.05, 4.69) is 74.7 Å². The second-order valence-electron chi connectivity index (χ2n) is 11.6. The van der Waals surface area contributed by atoms with Gasteiger partial charge in [0.25, 0.3) is 0 Å². The second kappa shape index (κ2) is 14.9. The third-order valence-corrected chi connectivity index (χ3v) is 10.2. The first-order valence-corrected chi connectivity index (χ1v) is 16.5. The standard InChI is InChI=1S/C23H18NS2.C13H24O2.Ir/c1-23(2,3)18-13-15(12-14-6-4-5-7-16(14)18)20-22-17(8-10-24-20)21-19(26-22)9-11-25-21;1-5-10(6-2)12(14)9-13(15)11(7-3)8-4;/h4-11,13H,1-3H3;9-11,14H,5-8H2,1-4H3;/q-1;;/b;12-9-;. The normalized spacial score (nSPS) is 12.2. The van der Waals surface area contributed by atoms with Gasteiger partial charge in [0.1, 0.15) is 0 Å². The van der Waals surface area contributed by atoms with Crippen molar-refractivity contribution in [1.29, 1.82) is 0 Å². The number of carbonyl (C=O) groups excluding carboxylic acids is 1. The number of allylic oxidation sites excluding steroid dienone is 2. The second-order valence-corrected chi connectivity index (χ2v) is 13.6. The van der Waals surface area contributed by atoms with Crippen LogP contribution in [0.2, 0.25) is 0 Å². The molecular formula is C36H42IrNO2S2-. The Labute approximate surface area is 272 Å². The van der Waals surface area contributed by atoms with Gasteiger partial charge in [-0.3, -0.25) is 9.78 Å². The average Bonchev–Trinajstić information content (AvgIpc) is 3.55. The number of aliphatic hydroxyl groups excluding tert-OH is 1. The van der Waals surface area contributed by atoms with Crippen molar-refractivity contribution in [3.05, 3.63) is 77.5 Å². The van der Waals surface area contributed by atoms with Gasteiger partial charge < -0.3 is 5.11 Å². The minimum absolute atomic E-state index is 0. The molecule has 42 heavy (non-hydrogen) atoms. The van der Waals surface area contributed by atoms with Gasteiger partial charge in [-0.25, -0.2) is 0 Å². The smallest absolute Gasteiger partial charge is 0.162 e. The number of aliphatic hydroxyl groups is 1. The van der Waals surface area contributed by atoms with Gasteiger partial charge in [-0.2, -0.15) is 0 Å². The minimum atomic E-state index is 0. The number of ketones is 1. The van der Waals surface area contributed by atoms with E-state index in [9.17, 15) is 9.90 Å². The quantitative estimate of drug-likeness (QED) is 0.0970. The van der Waals surface area contributed by atoms with Crippen LogP contribution in [0.4, 0.5) is 0 Å². The van der Waals surface area contributed by atoms with Crippen LogP contribution in [0.1, 0.15) is 79.7 Å². The number of pyridine rings is 1. The van der Waals surface area contributed by atoms with Gasteiger partial charge in [-0.05, 0) is 48.6 Å². The number of nitrogens with zero attached hydrogens (tertiary/aromatic N) is 1. The van der Waals surface area contributed by atoms with Crippen molar-refractivity contribution in [3.8, 4) is 11.3 Å². The molecule has 3 nitrogen and oxygen atoms in total. The van der Waals surface area contributed by atoms with Gasteiger partial charge in [-0.1, -0.05) is 77.6 Å². The van der Waals surface area contributed by atoms with Crippen molar-refractivity contribution < 1.29 is 30.0 Å². The predicted molar refractivity (Wildman–Crippen MR) is 179 cm³/mol. The fourth-order valence-corrected chi connectivity index (χ4v) is 7.70. The summed E-state index contributed by atoms with van der Waals surface area (Å²) in [6.07, 6.45) is 6.84. The van der Waals surface area contributed by atoms with Gasteiger partial charge in [0.15, 0.2) is 5.78 Å². The number of hydrogen-bond donors (Lipinski definition) is 1. The molecule has 1 radical (unpaired) electrons. The number of benzene rings is 2. The van der Waals surface area contributed by atoms with Gasteiger partial charge in [0.05, 0.1) is 10.5 Å². The maximum atomic E-state index is 11.7. The van der Waals surface area contributed by atoms with E-state index < -0.39 is 0 Å². The van der Waals surface area contributed by atoms with E-state index in [0.717, 1.165) is 42.3 Å². The summed E-state index contributed by atoms with van der Waals surface area (Å²) in [6.45, 7) is 14.9. The zero-order valence-electron chi connectivity index (χ0n) is 25.7. The van der Waals surface area contributed by atoms with Crippen LogP contribution < -0.4 is 0 Å². The first-order chi connectivity index (χ1) is 19.6. The molecule has 0 atom stereocenters. The maximum absolute atomic E-state index is 11.7. The molecule has 0 amide bonds. The first kappa shape index (κ1) is 34.1. The summed E-state index contributed by atoms with van der Waals surface area (Å²) in [5.74, 6) is 0.547. The molecule has 5 aromatic rings. The van der Waals surface area contributed by atoms with Crippen LogP contribution in [0.15, 0.2) is 65.9 Å².